The van der Waals surface area contributed by atoms with Crippen LogP contribution >= 0.6 is 0 Å². The number of benzene rings is 1. The van der Waals surface area contributed by atoms with Crippen molar-refractivity contribution in [2.24, 2.45) is 0 Å². The van der Waals surface area contributed by atoms with Gasteiger partial charge in [0.2, 0.25) is 5.91 Å². The zero-order valence-electron chi connectivity index (χ0n) is 14.9. The molecule has 1 unspecified atom stereocenters. The highest BCUT2D eigenvalue weighted by atomic mass is 16.2. The van der Waals surface area contributed by atoms with Gasteiger partial charge in [0.05, 0.1) is 0 Å². The second-order valence-electron chi connectivity index (χ2n) is 6.08. The van der Waals surface area contributed by atoms with Crippen molar-refractivity contribution in [1.82, 2.24) is 15.6 Å². The number of H-pyrrole nitrogens is 1. The van der Waals surface area contributed by atoms with Crippen LogP contribution in [0.5, 0.6) is 0 Å². The van der Waals surface area contributed by atoms with Crippen LogP contribution in [0, 0.1) is 13.8 Å². The molecule has 25 heavy (non-hydrogen) atoms. The van der Waals surface area contributed by atoms with Crippen molar-refractivity contribution in [2.45, 2.75) is 40.3 Å². The van der Waals surface area contributed by atoms with Crippen LogP contribution in [-0.2, 0) is 11.3 Å². The highest BCUT2D eigenvalue weighted by Crippen LogP contribution is 2.18. The molecule has 6 nitrogen and oxygen atoms in total. The van der Waals surface area contributed by atoms with Gasteiger partial charge in [0.15, 0.2) is 5.78 Å². The van der Waals surface area contributed by atoms with E-state index in [9.17, 15) is 14.4 Å². The molecule has 2 amide bonds. The smallest absolute Gasteiger partial charge is 0.268 e. The number of carbonyl (C=O) groups is 3. The van der Waals surface area contributed by atoms with Crippen LogP contribution in [0.2, 0.25) is 0 Å². The Balaban J connectivity index is 1.99. The molecule has 0 spiro atoms. The average molecular weight is 341 g/mol. The maximum Gasteiger partial charge on any atom is 0.268 e. The number of aromatic nitrogens is 1. The monoisotopic (exact) mass is 341 g/mol. The first-order valence-electron chi connectivity index (χ1n) is 8.13. The lowest BCUT2D eigenvalue weighted by Crippen LogP contribution is -2.44. The van der Waals surface area contributed by atoms with Gasteiger partial charge in [-0.15, -0.1) is 0 Å². The van der Waals surface area contributed by atoms with E-state index >= 15 is 0 Å². The summed E-state index contributed by atoms with van der Waals surface area (Å²) >= 11 is 0. The van der Waals surface area contributed by atoms with Crippen LogP contribution in [0.15, 0.2) is 30.3 Å². The minimum atomic E-state index is -0.694. The van der Waals surface area contributed by atoms with Crippen LogP contribution in [-0.4, -0.2) is 28.6 Å². The lowest BCUT2D eigenvalue weighted by Gasteiger charge is -2.14. The SMILES string of the molecule is CC(=O)c1c(C)[nH]c(C(=O)NC(C)C(=O)NCc2ccccc2)c1C. The molecule has 1 aromatic carbocycles. The van der Waals surface area contributed by atoms with Gasteiger partial charge in [-0.05, 0) is 38.8 Å². The summed E-state index contributed by atoms with van der Waals surface area (Å²) in [5.74, 6) is -0.778. The Labute approximate surface area is 147 Å². The normalized spacial score (nSPS) is 11.7. The molecule has 2 rings (SSSR count). The van der Waals surface area contributed by atoms with Gasteiger partial charge >= 0.3 is 0 Å². The van der Waals surface area contributed by atoms with Crippen molar-refractivity contribution in [3.63, 3.8) is 0 Å². The van der Waals surface area contributed by atoms with Gasteiger partial charge in [0.25, 0.3) is 5.91 Å². The molecule has 1 aromatic heterocycles. The fourth-order valence-corrected chi connectivity index (χ4v) is 2.78. The minimum Gasteiger partial charge on any atom is -0.354 e. The number of nitrogens with one attached hydrogen (secondary N) is 3. The summed E-state index contributed by atoms with van der Waals surface area (Å²) in [6.07, 6.45) is 0. The lowest BCUT2D eigenvalue weighted by atomic mass is 10.1. The van der Waals surface area contributed by atoms with E-state index in [-0.39, 0.29) is 11.7 Å². The van der Waals surface area contributed by atoms with E-state index in [1.54, 1.807) is 20.8 Å². The standard InChI is InChI=1S/C19H23N3O3/c1-11-16(14(4)23)12(2)21-17(11)19(25)22-13(3)18(24)20-10-15-8-6-5-7-9-15/h5-9,13,21H,10H2,1-4H3,(H,20,24)(H,22,25). The van der Waals surface area contributed by atoms with Crippen molar-refractivity contribution in [3.05, 3.63) is 58.4 Å². The molecule has 0 bridgehead atoms. The third-order valence-corrected chi connectivity index (χ3v) is 4.07. The van der Waals surface area contributed by atoms with E-state index in [0.717, 1.165) is 5.56 Å². The van der Waals surface area contributed by atoms with E-state index < -0.39 is 11.9 Å². The van der Waals surface area contributed by atoms with E-state index in [1.165, 1.54) is 6.92 Å². The van der Waals surface area contributed by atoms with Gasteiger partial charge in [-0.3, -0.25) is 14.4 Å². The molecule has 6 heteroatoms. The molecule has 0 aliphatic rings. The first kappa shape index (κ1) is 18.4. The Bertz CT molecular complexity index is 794. The number of hydrogen-bond acceptors (Lipinski definition) is 3. The van der Waals surface area contributed by atoms with E-state index in [4.69, 9.17) is 0 Å². The molecule has 0 saturated heterocycles. The molecule has 1 atom stereocenters. The van der Waals surface area contributed by atoms with E-state index in [1.807, 2.05) is 30.3 Å². The topological polar surface area (TPSA) is 91.1 Å². The molecule has 3 N–H and O–H groups in total. The van der Waals surface area contributed by atoms with Gasteiger partial charge in [0, 0.05) is 17.8 Å². The molecule has 1 heterocycles. The molecule has 0 saturated carbocycles. The number of amides is 2. The van der Waals surface area contributed by atoms with Crippen LogP contribution in [0.3, 0.4) is 0 Å². The van der Waals surface area contributed by atoms with Crippen LogP contribution in [0.4, 0.5) is 0 Å². The van der Waals surface area contributed by atoms with Crippen LogP contribution < -0.4 is 10.6 Å². The summed E-state index contributed by atoms with van der Waals surface area (Å²) in [7, 11) is 0. The van der Waals surface area contributed by atoms with Gasteiger partial charge in [-0.25, -0.2) is 0 Å². The number of aromatic amines is 1. The predicted molar refractivity (Wildman–Crippen MR) is 95.5 cm³/mol. The second-order valence-corrected chi connectivity index (χ2v) is 6.08. The zero-order valence-corrected chi connectivity index (χ0v) is 14.9. The lowest BCUT2D eigenvalue weighted by molar-refractivity contribution is -0.122. The number of carbonyl (C=O) groups excluding carboxylic acids is 3. The molecule has 132 valence electrons. The van der Waals surface area contributed by atoms with Crippen molar-refractivity contribution < 1.29 is 14.4 Å². The minimum absolute atomic E-state index is 0.0982. The molecular formula is C19H23N3O3. The molecule has 0 radical (unpaired) electrons. The first-order valence-corrected chi connectivity index (χ1v) is 8.13. The molecule has 2 aromatic rings. The van der Waals surface area contributed by atoms with Gasteiger partial charge < -0.3 is 15.6 Å². The highest BCUT2D eigenvalue weighted by Gasteiger charge is 2.22. The summed E-state index contributed by atoms with van der Waals surface area (Å²) in [6.45, 7) is 6.94. The van der Waals surface area contributed by atoms with Crippen molar-refractivity contribution in [3.8, 4) is 0 Å². The first-order chi connectivity index (χ1) is 11.8. The number of hydrogen-bond donors (Lipinski definition) is 3. The van der Waals surface area contributed by atoms with Gasteiger partial charge in [0.1, 0.15) is 11.7 Å². The summed E-state index contributed by atoms with van der Waals surface area (Å²) in [4.78, 5) is 39.2. The Hall–Kier alpha value is -2.89. The van der Waals surface area contributed by atoms with Crippen molar-refractivity contribution in [1.29, 1.82) is 0 Å². The zero-order chi connectivity index (χ0) is 18.6. The Kier molecular flexibility index (Phi) is 5.75. The van der Waals surface area contributed by atoms with Crippen LogP contribution in [0.25, 0.3) is 0 Å². The third kappa shape index (κ3) is 4.35. The molecular weight excluding hydrogens is 318 g/mol. The van der Waals surface area contributed by atoms with Gasteiger partial charge in [-0.1, -0.05) is 30.3 Å². The maximum atomic E-state index is 12.4. The van der Waals surface area contributed by atoms with E-state index in [0.29, 0.717) is 29.1 Å². The highest BCUT2D eigenvalue weighted by molar-refractivity contribution is 6.03. The number of ketones is 1. The van der Waals surface area contributed by atoms with Gasteiger partial charge in [-0.2, -0.15) is 0 Å². The van der Waals surface area contributed by atoms with E-state index in [2.05, 4.69) is 15.6 Å². The number of rotatable bonds is 6. The molecule has 0 aliphatic carbocycles. The summed E-state index contributed by atoms with van der Waals surface area (Å²) in [5.41, 5.74) is 3.06. The van der Waals surface area contributed by atoms with Crippen molar-refractivity contribution in [2.75, 3.05) is 0 Å². The molecule has 0 aliphatic heterocycles. The molecule has 0 fully saturated rings. The Morgan fingerprint density at radius 1 is 1.12 bits per heavy atom. The Morgan fingerprint density at radius 3 is 2.32 bits per heavy atom. The second kappa shape index (κ2) is 7.79. The maximum absolute atomic E-state index is 12.4. The third-order valence-electron chi connectivity index (χ3n) is 4.07. The fourth-order valence-electron chi connectivity index (χ4n) is 2.78. The predicted octanol–water partition coefficient (Wildman–Crippen LogP) is 2.27. The number of Topliss-reactive ketones (excluding diaryl/α,β-unsaturated/α-hetero) is 1. The quantitative estimate of drug-likeness (QED) is 0.704. The largest absolute Gasteiger partial charge is 0.354 e. The van der Waals surface area contributed by atoms with Crippen LogP contribution in [0.1, 0.15) is 51.5 Å². The summed E-state index contributed by atoms with van der Waals surface area (Å²) < 4.78 is 0. The Morgan fingerprint density at radius 2 is 1.76 bits per heavy atom. The van der Waals surface area contributed by atoms with Crippen molar-refractivity contribution >= 4 is 17.6 Å². The fraction of sp³-hybridized carbons (Fsp3) is 0.316. The summed E-state index contributed by atoms with van der Waals surface area (Å²) in [6, 6.07) is 8.84. The summed E-state index contributed by atoms with van der Waals surface area (Å²) in [5, 5.41) is 5.45. The number of aryl methyl sites for hydroxylation is 1. The average Bonchev–Trinajstić information content (AvgIpc) is 2.88.